The van der Waals surface area contributed by atoms with Crippen molar-refractivity contribution >= 4 is 5.97 Å². The Morgan fingerprint density at radius 3 is 2.14 bits per heavy atom. The van der Waals surface area contributed by atoms with Crippen molar-refractivity contribution in [3.8, 4) is 0 Å². The van der Waals surface area contributed by atoms with E-state index in [0.29, 0.717) is 6.42 Å². The summed E-state index contributed by atoms with van der Waals surface area (Å²) in [5, 5.41) is 8.63. The highest BCUT2D eigenvalue weighted by atomic mass is 16.4. The molecule has 0 fully saturated rings. The second-order valence-electron chi connectivity index (χ2n) is 3.86. The lowest BCUT2D eigenvalue weighted by Gasteiger charge is -2.18. The van der Waals surface area contributed by atoms with Crippen LogP contribution in [0.3, 0.4) is 0 Å². The van der Waals surface area contributed by atoms with Crippen LogP contribution in [0.4, 0.5) is 0 Å². The SMILES string of the molecule is CCCCCCCCC(N)(N)C(=O)O. The van der Waals surface area contributed by atoms with Crippen LogP contribution in [0.2, 0.25) is 0 Å². The van der Waals surface area contributed by atoms with Crippen molar-refractivity contribution in [3.63, 3.8) is 0 Å². The maximum Gasteiger partial charge on any atom is 0.338 e. The van der Waals surface area contributed by atoms with Crippen LogP contribution in [0.25, 0.3) is 0 Å². The molecule has 0 rings (SSSR count). The smallest absolute Gasteiger partial charge is 0.338 e. The monoisotopic (exact) mass is 202 g/mol. The van der Waals surface area contributed by atoms with Crippen LogP contribution in [-0.2, 0) is 4.79 Å². The number of unbranched alkanes of at least 4 members (excludes halogenated alkanes) is 5. The summed E-state index contributed by atoms with van der Waals surface area (Å²) in [6.07, 6.45) is 6.98. The zero-order chi connectivity index (χ0) is 11.0. The molecule has 0 aromatic rings. The molecule has 84 valence electrons. The van der Waals surface area contributed by atoms with Crippen LogP contribution in [0.15, 0.2) is 0 Å². The van der Waals surface area contributed by atoms with Crippen LogP contribution in [0, 0.1) is 0 Å². The summed E-state index contributed by atoms with van der Waals surface area (Å²) in [6, 6.07) is 0. The van der Waals surface area contributed by atoms with Crippen molar-refractivity contribution in [2.45, 2.75) is 57.5 Å². The van der Waals surface area contributed by atoms with Gasteiger partial charge in [-0.25, -0.2) is 4.79 Å². The lowest BCUT2D eigenvalue weighted by atomic mass is 10.0. The van der Waals surface area contributed by atoms with E-state index in [1.807, 2.05) is 0 Å². The van der Waals surface area contributed by atoms with E-state index in [2.05, 4.69) is 6.92 Å². The van der Waals surface area contributed by atoms with E-state index in [-0.39, 0.29) is 0 Å². The number of aliphatic carboxylic acids is 1. The minimum absolute atomic E-state index is 0.356. The summed E-state index contributed by atoms with van der Waals surface area (Å²) in [4.78, 5) is 10.5. The third kappa shape index (κ3) is 5.94. The topological polar surface area (TPSA) is 89.3 Å². The predicted octanol–water partition coefficient (Wildman–Crippen LogP) is 1.44. The number of hydrogen-bond donors (Lipinski definition) is 3. The van der Waals surface area contributed by atoms with Crippen molar-refractivity contribution in [2.24, 2.45) is 11.5 Å². The summed E-state index contributed by atoms with van der Waals surface area (Å²) in [6.45, 7) is 2.16. The molecular weight excluding hydrogens is 180 g/mol. The Kier molecular flexibility index (Phi) is 6.49. The van der Waals surface area contributed by atoms with Gasteiger partial charge in [0.05, 0.1) is 0 Å². The number of hydrogen-bond acceptors (Lipinski definition) is 3. The Hall–Kier alpha value is -0.610. The molecule has 0 saturated carbocycles. The largest absolute Gasteiger partial charge is 0.479 e. The fraction of sp³-hybridized carbons (Fsp3) is 0.900. The predicted molar refractivity (Wildman–Crippen MR) is 56.7 cm³/mol. The summed E-state index contributed by atoms with van der Waals surface area (Å²) >= 11 is 0. The molecule has 0 unspecified atom stereocenters. The van der Waals surface area contributed by atoms with Gasteiger partial charge >= 0.3 is 5.97 Å². The van der Waals surface area contributed by atoms with Gasteiger partial charge in [0.1, 0.15) is 0 Å². The molecule has 4 nitrogen and oxygen atoms in total. The van der Waals surface area contributed by atoms with E-state index in [0.717, 1.165) is 19.3 Å². The van der Waals surface area contributed by atoms with Gasteiger partial charge in [0.2, 0.25) is 0 Å². The Labute approximate surface area is 85.7 Å². The van der Waals surface area contributed by atoms with Crippen molar-refractivity contribution in [1.82, 2.24) is 0 Å². The Morgan fingerprint density at radius 1 is 1.14 bits per heavy atom. The Balaban J connectivity index is 3.40. The second-order valence-corrected chi connectivity index (χ2v) is 3.86. The lowest BCUT2D eigenvalue weighted by Crippen LogP contribution is -2.56. The van der Waals surface area contributed by atoms with E-state index < -0.39 is 11.6 Å². The van der Waals surface area contributed by atoms with Crippen molar-refractivity contribution in [1.29, 1.82) is 0 Å². The van der Waals surface area contributed by atoms with E-state index in [1.165, 1.54) is 19.3 Å². The van der Waals surface area contributed by atoms with Gasteiger partial charge in [0, 0.05) is 0 Å². The fourth-order valence-corrected chi connectivity index (χ4v) is 1.30. The molecule has 0 aromatic carbocycles. The third-order valence-electron chi connectivity index (χ3n) is 2.34. The molecule has 5 N–H and O–H groups in total. The average Bonchev–Trinajstić information content (AvgIpc) is 2.10. The van der Waals surface area contributed by atoms with Gasteiger partial charge in [0.25, 0.3) is 0 Å². The zero-order valence-electron chi connectivity index (χ0n) is 8.96. The minimum Gasteiger partial charge on any atom is -0.479 e. The zero-order valence-corrected chi connectivity index (χ0v) is 8.96. The van der Waals surface area contributed by atoms with Crippen LogP contribution in [-0.4, -0.2) is 16.7 Å². The molecule has 14 heavy (non-hydrogen) atoms. The molecule has 4 heteroatoms. The number of carbonyl (C=O) groups is 1. The molecule has 0 bridgehead atoms. The van der Waals surface area contributed by atoms with E-state index >= 15 is 0 Å². The van der Waals surface area contributed by atoms with Crippen LogP contribution < -0.4 is 11.5 Å². The minimum atomic E-state index is -1.54. The maximum absolute atomic E-state index is 10.5. The molecular formula is C10H22N2O2. The maximum atomic E-state index is 10.5. The highest BCUT2D eigenvalue weighted by Gasteiger charge is 2.27. The summed E-state index contributed by atoms with van der Waals surface area (Å²) in [7, 11) is 0. The van der Waals surface area contributed by atoms with E-state index in [4.69, 9.17) is 16.6 Å². The van der Waals surface area contributed by atoms with Gasteiger partial charge in [0.15, 0.2) is 5.66 Å². The second kappa shape index (κ2) is 6.79. The number of carboxylic acids is 1. The highest BCUT2D eigenvalue weighted by Crippen LogP contribution is 2.10. The van der Waals surface area contributed by atoms with Gasteiger partial charge in [-0.15, -0.1) is 0 Å². The molecule has 0 aromatic heterocycles. The summed E-state index contributed by atoms with van der Waals surface area (Å²) in [5.74, 6) is -1.12. The summed E-state index contributed by atoms with van der Waals surface area (Å²) < 4.78 is 0. The van der Waals surface area contributed by atoms with Gasteiger partial charge < -0.3 is 16.6 Å². The van der Waals surface area contributed by atoms with Crippen LogP contribution in [0.5, 0.6) is 0 Å². The van der Waals surface area contributed by atoms with Gasteiger partial charge in [-0.3, -0.25) is 0 Å². The molecule has 0 saturated heterocycles. The van der Waals surface area contributed by atoms with Crippen molar-refractivity contribution in [3.05, 3.63) is 0 Å². The lowest BCUT2D eigenvalue weighted by molar-refractivity contribution is -0.143. The first-order chi connectivity index (χ1) is 6.50. The first kappa shape index (κ1) is 13.4. The quantitative estimate of drug-likeness (QED) is 0.410. The van der Waals surface area contributed by atoms with E-state index in [1.54, 1.807) is 0 Å². The molecule has 0 heterocycles. The van der Waals surface area contributed by atoms with Crippen molar-refractivity contribution in [2.75, 3.05) is 0 Å². The van der Waals surface area contributed by atoms with Gasteiger partial charge in [-0.05, 0) is 12.8 Å². The van der Waals surface area contributed by atoms with Gasteiger partial charge in [-0.2, -0.15) is 0 Å². The number of carboxylic acid groups (broad SMARTS) is 1. The molecule has 0 amide bonds. The molecule has 0 aliphatic heterocycles. The first-order valence-corrected chi connectivity index (χ1v) is 5.32. The average molecular weight is 202 g/mol. The fourth-order valence-electron chi connectivity index (χ4n) is 1.30. The molecule has 0 aliphatic rings. The van der Waals surface area contributed by atoms with Crippen LogP contribution >= 0.6 is 0 Å². The van der Waals surface area contributed by atoms with E-state index in [9.17, 15) is 4.79 Å². The summed E-state index contributed by atoms with van der Waals surface area (Å²) in [5.41, 5.74) is 9.22. The highest BCUT2D eigenvalue weighted by molar-refractivity contribution is 5.77. The number of rotatable bonds is 8. The third-order valence-corrected chi connectivity index (χ3v) is 2.34. The number of nitrogens with two attached hydrogens (primary N) is 2. The molecule has 0 spiro atoms. The molecule has 0 radical (unpaired) electrons. The molecule has 0 atom stereocenters. The normalized spacial score (nSPS) is 11.6. The van der Waals surface area contributed by atoms with Gasteiger partial charge in [-0.1, -0.05) is 39.0 Å². The molecule has 0 aliphatic carbocycles. The Morgan fingerprint density at radius 2 is 1.64 bits per heavy atom. The van der Waals surface area contributed by atoms with Crippen LogP contribution in [0.1, 0.15) is 51.9 Å². The first-order valence-electron chi connectivity index (χ1n) is 5.32. The van der Waals surface area contributed by atoms with Crippen molar-refractivity contribution < 1.29 is 9.90 Å². The standard InChI is InChI=1S/C10H22N2O2/c1-2-3-4-5-6-7-8-10(11,12)9(13)14/h2-8,11-12H2,1H3,(H,13,14). The Bertz CT molecular complexity index is 170.